The van der Waals surface area contributed by atoms with E-state index in [4.69, 9.17) is 73.2 Å². The fourth-order valence-corrected chi connectivity index (χ4v) is 3.64. The molecule has 0 heterocycles. The molecule has 0 radical (unpaired) electrons. The van der Waals surface area contributed by atoms with Gasteiger partial charge in [0.05, 0.1) is 165 Å². The lowest BCUT2D eigenvalue weighted by Gasteiger charge is -2.09. The molecule has 0 aliphatic heterocycles. The Kier molecular flexibility index (Phi) is 45.4. The van der Waals surface area contributed by atoms with Gasteiger partial charge in [-0.2, -0.15) is 0 Å². The van der Waals surface area contributed by atoms with E-state index in [-0.39, 0.29) is 6.61 Å². The van der Waals surface area contributed by atoms with E-state index in [1.807, 2.05) is 0 Å². The first-order valence-corrected chi connectivity index (χ1v) is 17.6. The van der Waals surface area contributed by atoms with Crippen molar-refractivity contribution in [2.24, 2.45) is 0 Å². The molecule has 0 bridgehead atoms. The maximum Gasteiger partial charge on any atom is 0.113 e. The summed E-state index contributed by atoms with van der Waals surface area (Å²) in [6, 6.07) is 0. The normalized spacial score (nSPS) is 11.6. The third-order valence-corrected chi connectivity index (χ3v) is 6.13. The first-order valence-electron chi connectivity index (χ1n) is 17.0. The molecule has 0 atom stereocenters. The van der Waals surface area contributed by atoms with E-state index < -0.39 is 6.67 Å². The third-order valence-electron chi connectivity index (χ3n) is 5.86. The molecule has 0 aromatic carbocycles. The van der Waals surface area contributed by atoms with Crippen molar-refractivity contribution < 1.29 is 66.0 Å². The maximum atomic E-state index is 11.8. The summed E-state index contributed by atoms with van der Waals surface area (Å²) in [5.74, 6) is 0.741. The van der Waals surface area contributed by atoms with Crippen LogP contribution < -0.4 is 0 Å². The lowest BCUT2D eigenvalue weighted by molar-refractivity contribution is -0.0291. The van der Waals surface area contributed by atoms with Crippen molar-refractivity contribution in [3.63, 3.8) is 0 Å². The number of alkyl halides is 2. The molecule has 284 valence electrons. The van der Waals surface area contributed by atoms with Crippen molar-refractivity contribution >= 4 is 11.6 Å². The highest BCUT2D eigenvalue weighted by Crippen LogP contribution is 2.01. The summed E-state index contributed by atoms with van der Waals surface area (Å²) >= 11 is 5.65. The molecule has 47 heavy (non-hydrogen) atoms. The van der Waals surface area contributed by atoms with Crippen LogP contribution >= 0.6 is 11.6 Å². The van der Waals surface area contributed by atoms with Gasteiger partial charge in [-0.3, -0.25) is 0 Å². The molecule has 13 nitrogen and oxygen atoms in total. The molecule has 0 rings (SSSR count). The van der Waals surface area contributed by atoms with E-state index in [0.717, 1.165) is 31.7 Å². The van der Waals surface area contributed by atoms with Gasteiger partial charge in [0.2, 0.25) is 0 Å². The SMILES string of the molecule is FCCOCCOCCOCCOCCOCCOCCOCCOCCOCCOCCOCCOCCOCCCCCCCl. The van der Waals surface area contributed by atoms with Gasteiger partial charge in [0.15, 0.2) is 0 Å². The number of ether oxygens (including phenoxy) is 13. The quantitative estimate of drug-likeness (QED) is 0.0682. The van der Waals surface area contributed by atoms with E-state index in [2.05, 4.69) is 0 Å². The summed E-state index contributed by atoms with van der Waals surface area (Å²) in [4.78, 5) is 0. The molecule has 0 aliphatic carbocycles. The van der Waals surface area contributed by atoms with Crippen LogP contribution in [0.25, 0.3) is 0 Å². The first kappa shape index (κ1) is 46.7. The molecular formula is C32H64ClFO13. The van der Waals surface area contributed by atoms with E-state index in [1.54, 1.807) is 0 Å². The number of rotatable bonds is 44. The van der Waals surface area contributed by atoms with Gasteiger partial charge < -0.3 is 61.6 Å². The number of unbranched alkanes of at least 4 members (excludes halogenated alkanes) is 3. The Labute approximate surface area is 287 Å². The third kappa shape index (κ3) is 45.7. The summed E-state index contributed by atoms with van der Waals surface area (Å²) in [5.41, 5.74) is 0. The Morgan fingerprint density at radius 3 is 0.638 bits per heavy atom. The van der Waals surface area contributed by atoms with Gasteiger partial charge in [0.1, 0.15) is 6.67 Å². The minimum atomic E-state index is -0.475. The molecule has 0 fully saturated rings. The average molecular weight is 711 g/mol. The van der Waals surface area contributed by atoms with E-state index in [0.29, 0.717) is 159 Å². The van der Waals surface area contributed by atoms with Crippen LogP contribution in [0, 0.1) is 0 Å². The smallest absolute Gasteiger partial charge is 0.113 e. The van der Waals surface area contributed by atoms with Crippen LogP contribution in [0.2, 0.25) is 0 Å². The first-order chi connectivity index (χ1) is 23.4. The van der Waals surface area contributed by atoms with Gasteiger partial charge in [-0.1, -0.05) is 12.8 Å². The van der Waals surface area contributed by atoms with Crippen LogP contribution in [0.4, 0.5) is 4.39 Å². The topological polar surface area (TPSA) is 120 Å². The highest BCUT2D eigenvalue weighted by molar-refractivity contribution is 6.17. The van der Waals surface area contributed by atoms with Crippen molar-refractivity contribution in [3.05, 3.63) is 0 Å². The van der Waals surface area contributed by atoms with Gasteiger partial charge >= 0.3 is 0 Å². The zero-order chi connectivity index (χ0) is 33.8. The number of hydrogen-bond acceptors (Lipinski definition) is 13. The van der Waals surface area contributed by atoms with Crippen molar-refractivity contribution in [1.29, 1.82) is 0 Å². The molecule has 0 spiro atoms. The van der Waals surface area contributed by atoms with Crippen LogP contribution in [-0.2, 0) is 61.6 Å². The van der Waals surface area contributed by atoms with E-state index in [9.17, 15) is 4.39 Å². The molecule has 0 saturated heterocycles. The zero-order valence-corrected chi connectivity index (χ0v) is 29.4. The Morgan fingerprint density at radius 1 is 0.234 bits per heavy atom. The van der Waals surface area contributed by atoms with Crippen LogP contribution in [-0.4, -0.2) is 184 Å². The molecule has 15 heteroatoms. The molecular weight excluding hydrogens is 647 g/mol. The molecule has 0 aliphatic rings. The standard InChI is InChI=1S/C32H64ClFO13/c33-5-3-1-2-4-7-35-9-11-37-13-15-39-17-19-41-21-23-43-25-27-45-29-31-47-32-30-46-28-26-44-24-22-42-20-18-40-16-14-38-12-10-36-8-6-34/h1-32H2. The summed E-state index contributed by atoms with van der Waals surface area (Å²) in [7, 11) is 0. The Morgan fingerprint density at radius 2 is 0.426 bits per heavy atom. The van der Waals surface area contributed by atoms with Crippen molar-refractivity contribution in [2.45, 2.75) is 25.7 Å². The second-order valence-corrected chi connectivity index (χ2v) is 10.1. The average Bonchev–Trinajstić information content (AvgIpc) is 3.08. The molecule has 0 N–H and O–H groups in total. The van der Waals surface area contributed by atoms with Crippen molar-refractivity contribution in [2.75, 3.05) is 184 Å². The highest BCUT2D eigenvalue weighted by atomic mass is 35.5. The Balaban J connectivity index is 3.03. The van der Waals surface area contributed by atoms with Crippen LogP contribution in [0.1, 0.15) is 25.7 Å². The van der Waals surface area contributed by atoms with Gasteiger partial charge in [-0.25, -0.2) is 4.39 Å². The fourth-order valence-electron chi connectivity index (χ4n) is 3.45. The molecule has 0 saturated carbocycles. The van der Waals surface area contributed by atoms with Gasteiger partial charge in [0, 0.05) is 12.5 Å². The minimum Gasteiger partial charge on any atom is -0.379 e. The second kappa shape index (κ2) is 45.7. The van der Waals surface area contributed by atoms with Crippen molar-refractivity contribution in [1.82, 2.24) is 0 Å². The monoisotopic (exact) mass is 710 g/mol. The molecule has 0 unspecified atom stereocenters. The maximum absolute atomic E-state index is 11.8. The van der Waals surface area contributed by atoms with Gasteiger partial charge in [-0.15, -0.1) is 11.6 Å². The minimum absolute atomic E-state index is 0.112. The second-order valence-electron chi connectivity index (χ2n) is 9.75. The lowest BCUT2D eigenvalue weighted by atomic mass is 10.2. The number of hydrogen-bond donors (Lipinski definition) is 0. The number of halogens is 2. The van der Waals surface area contributed by atoms with Crippen LogP contribution in [0.3, 0.4) is 0 Å². The zero-order valence-electron chi connectivity index (χ0n) is 28.7. The molecule has 0 aromatic heterocycles. The molecule has 0 amide bonds. The predicted octanol–water partition coefficient (Wildman–Crippen LogP) is 2.97. The van der Waals surface area contributed by atoms with Gasteiger partial charge in [-0.05, 0) is 12.8 Å². The van der Waals surface area contributed by atoms with Crippen LogP contribution in [0.5, 0.6) is 0 Å². The Bertz CT molecular complexity index is 503. The lowest BCUT2D eigenvalue weighted by Crippen LogP contribution is -2.15. The van der Waals surface area contributed by atoms with E-state index >= 15 is 0 Å². The summed E-state index contributed by atoms with van der Waals surface area (Å²) in [6.45, 7) is 12.5. The fraction of sp³-hybridized carbons (Fsp3) is 1.00. The van der Waals surface area contributed by atoms with Crippen molar-refractivity contribution in [3.8, 4) is 0 Å². The largest absolute Gasteiger partial charge is 0.379 e. The summed E-state index contributed by atoms with van der Waals surface area (Å²) < 4.78 is 82.2. The van der Waals surface area contributed by atoms with E-state index in [1.165, 1.54) is 6.42 Å². The summed E-state index contributed by atoms with van der Waals surface area (Å²) in [6.07, 6.45) is 4.49. The Hall–Kier alpha value is -0.300. The highest BCUT2D eigenvalue weighted by Gasteiger charge is 1.97. The van der Waals surface area contributed by atoms with Gasteiger partial charge in [0.25, 0.3) is 0 Å². The van der Waals surface area contributed by atoms with Crippen LogP contribution in [0.15, 0.2) is 0 Å². The summed E-state index contributed by atoms with van der Waals surface area (Å²) in [5, 5.41) is 0. The molecule has 0 aromatic rings. The predicted molar refractivity (Wildman–Crippen MR) is 176 cm³/mol.